The van der Waals surface area contributed by atoms with Crippen molar-refractivity contribution in [1.82, 2.24) is 19.2 Å². The summed E-state index contributed by atoms with van der Waals surface area (Å²) in [4.78, 5) is 24.6. The number of aromatic nitrogens is 4. The highest BCUT2D eigenvalue weighted by Crippen LogP contribution is 2.21. The van der Waals surface area contributed by atoms with Crippen LogP contribution in [0.2, 0.25) is 0 Å². The number of nitrogens with zero attached hydrogens (tertiary/aromatic N) is 4. The van der Waals surface area contributed by atoms with Gasteiger partial charge in [-0.1, -0.05) is 23.9 Å². The van der Waals surface area contributed by atoms with Gasteiger partial charge in [-0.2, -0.15) is 0 Å². The Morgan fingerprint density at radius 1 is 1.14 bits per heavy atom. The predicted molar refractivity (Wildman–Crippen MR) is 101 cm³/mol. The molecule has 0 atom stereocenters. The zero-order valence-electron chi connectivity index (χ0n) is 14.5. The number of halogens is 2. The van der Waals surface area contributed by atoms with Crippen LogP contribution in [0, 0.1) is 11.6 Å². The van der Waals surface area contributed by atoms with Crippen molar-refractivity contribution in [3.63, 3.8) is 0 Å². The highest BCUT2D eigenvalue weighted by atomic mass is 32.2. The number of anilines is 1. The molecule has 0 aliphatic rings. The number of carbonyl (C=O) groups is 1. The number of hydrogen-bond donors (Lipinski definition) is 1. The number of nitrogens with one attached hydrogen (secondary N) is 1. The van der Waals surface area contributed by atoms with Gasteiger partial charge in [0.05, 0.1) is 16.7 Å². The third kappa shape index (κ3) is 3.11. The topological polar surface area (TPSA) is 81.3 Å². The molecule has 2 heterocycles. The molecule has 0 radical (unpaired) electrons. The van der Waals surface area contributed by atoms with Gasteiger partial charge in [0.25, 0.3) is 5.56 Å². The Bertz CT molecular complexity index is 1280. The van der Waals surface area contributed by atoms with Gasteiger partial charge >= 0.3 is 0 Å². The first kappa shape index (κ1) is 18.1. The molecule has 1 N–H and O–H groups in total. The van der Waals surface area contributed by atoms with Gasteiger partial charge in [-0.25, -0.2) is 8.78 Å². The van der Waals surface area contributed by atoms with Crippen LogP contribution in [-0.4, -0.2) is 30.8 Å². The first-order valence-corrected chi connectivity index (χ1v) is 9.15. The monoisotopic (exact) mass is 401 g/mol. The van der Waals surface area contributed by atoms with E-state index in [2.05, 4.69) is 15.5 Å². The van der Waals surface area contributed by atoms with Crippen LogP contribution in [-0.2, 0) is 11.8 Å². The van der Waals surface area contributed by atoms with Crippen LogP contribution >= 0.6 is 11.8 Å². The first-order chi connectivity index (χ1) is 13.5. The second kappa shape index (κ2) is 7.04. The maximum atomic E-state index is 13.3. The highest BCUT2D eigenvalue weighted by molar-refractivity contribution is 7.99. The van der Waals surface area contributed by atoms with Crippen molar-refractivity contribution in [2.24, 2.45) is 7.05 Å². The minimum absolute atomic E-state index is 0.0308. The van der Waals surface area contributed by atoms with E-state index < -0.39 is 17.5 Å². The van der Waals surface area contributed by atoms with E-state index in [0.717, 1.165) is 23.9 Å². The number of benzene rings is 2. The second-order valence-electron chi connectivity index (χ2n) is 5.97. The molecule has 2 aromatic heterocycles. The molecule has 0 fully saturated rings. The quantitative estimate of drug-likeness (QED) is 0.532. The first-order valence-electron chi connectivity index (χ1n) is 8.16. The van der Waals surface area contributed by atoms with Crippen LogP contribution in [0.3, 0.4) is 0 Å². The van der Waals surface area contributed by atoms with E-state index in [1.807, 2.05) is 0 Å². The SMILES string of the molecule is Cn1c(=O)c2ccccc2n2c(SCC(=O)Nc3ccc(F)c(F)c3)nnc12. The van der Waals surface area contributed by atoms with Crippen molar-refractivity contribution in [2.75, 3.05) is 11.1 Å². The van der Waals surface area contributed by atoms with Gasteiger partial charge in [0.1, 0.15) is 0 Å². The minimum atomic E-state index is -1.04. The lowest BCUT2D eigenvalue weighted by molar-refractivity contribution is -0.113. The second-order valence-corrected chi connectivity index (χ2v) is 6.91. The molecule has 0 spiro atoms. The van der Waals surface area contributed by atoms with Crippen LogP contribution in [0.4, 0.5) is 14.5 Å². The van der Waals surface area contributed by atoms with Crippen molar-refractivity contribution in [1.29, 1.82) is 0 Å². The molecule has 28 heavy (non-hydrogen) atoms. The van der Waals surface area contributed by atoms with Crippen molar-refractivity contribution >= 4 is 40.0 Å². The Morgan fingerprint density at radius 3 is 2.71 bits per heavy atom. The predicted octanol–water partition coefficient (Wildman–Crippen LogP) is 2.59. The largest absolute Gasteiger partial charge is 0.325 e. The molecule has 0 aliphatic carbocycles. The average molecular weight is 401 g/mol. The maximum absolute atomic E-state index is 13.3. The third-order valence-corrected chi connectivity index (χ3v) is 5.06. The van der Waals surface area contributed by atoms with Crippen LogP contribution in [0.5, 0.6) is 0 Å². The smallest absolute Gasteiger partial charge is 0.262 e. The molecule has 1 amide bonds. The van der Waals surface area contributed by atoms with E-state index >= 15 is 0 Å². The summed E-state index contributed by atoms with van der Waals surface area (Å²) in [5.74, 6) is -2.12. The lowest BCUT2D eigenvalue weighted by atomic mass is 10.2. The lowest BCUT2D eigenvalue weighted by Gasteiger charge is -2.08. The molecule has 0 saturated carbocycles. The van der Waals surface area contributed by atoms with Crippen molar-refractivity contribution in [3.8, 4) is 0 Å². The van der Waals surface area contributed by atoms with Crippen molar-refractivity contribution in [2.45, 2.75) is 5.16 Å². The summed E-state index contributed by atoms with van der Waals surface area (Å²) in [6, 6.07) is 10.2. The van der Waals surface area contributed by atoms with E-state index in [4.69, 9.17) is 0 Å². The summed E-state index contributed by atoms with van der Waals surface area (Å²) < 4.78 is 29.3. The number of para-hydroxylation sites is 1. The van der Waals surface area contributed by atoms with Gasteiger partial charge < -0.3 is 5.32 Å². The Balaban J connectivity index is 1.61. The summed E-state index contributed by atoms with van der Waals surface area (Å²) in [5, 5.41) is 11.6. The standard InChI is InChI=1S/C18H13F2N5O2S/c1-24-16(27)11-4-2-3-5-14(11)25-17(24)22-23-18(25)28-9-15(26)21-10-6-7-12(19)13(20)8-10/h2-8H,9H2,1H3,(H,21,26). The van der Waals surface area contributed by atoms with Crippen molar-refractivity contribution < 1.29 is 13.6 Å². The van der Waals surface area contributed by atoms with E-state index in [0.29, 0.717) is 21.8 Å². The number of carbonyl (C=O) groups excluding carboxylic acids is 1. The molecule has 0 unspecified atom stereocenters. The number of fused-ring (bicyclic) bond motifs is 3. The molecule has 0 bridgehead atoms. The number of hydrogen-bond acceptors (Lipinski definition) is 5. The fraction of sp³-hybridized carbons (Fsp3) is 0.111. The van der Waals surface area contributed by atoms with E-state index in [1.54, 1.807) is 35.7 Å². The van der Waals surface area contributed by atoms with Gasteiger partial charge in [-0.05, 0) is 24.3 Å². The number of aryl methyl sites for hydroxylation is 1. The van der Waals surface area contributed by atoms with E-state index in [1.165, 1.54) is 10.6 Å². The van der Waals surface area contributed by atoms with Crippen LogP contribution < -0.4 is 10.9 Å². The van der Waals surface area contributed by atoms with Gasteiger partial charge in [0.15, 0.2) is 16.8 Å². The third-order valence-electron chi connectivity index (χ3n) is 4.13. The number of rotatable bonds is 4. The molecule has 4 rings (SSSR count). The molecule has 0 aliphatic heterocycles. The molecular weight excluding hydrogens is 388 g/mol. The van der Waals surface area contributed by atoms with Crippen molar-refractivity contribution in [3.05, 3.63) is 64.5 Å². The zero-order valence-corrected chi connectivity index (χ0v) is 15.3. The molecule has 2 aromatic carbocycles. The molecule has 142 valence electrons. The molecule has 4 aromatic rings. The Kier molecular flexibility index (Phi) is 4.55. The fourth-order valence-electron chi connectivity index (χ4n) is 2.81. The Labute approximate surface area is 161 Å². The summed E-state index contributed by atoms with van der Waals surface area (Å²) in [6.07, 6.45) is 0. The number of thioether (sulfide) groups is 1. The lowest BCUT2D eigenvalue weighted by Crippen LogP contribution is -2.20. The van der Waals surface area contributed by atoms with Gasteiger partial charge in [0, 0.05) is 18.8 Å². The van der Waals surface area contributed by atoms with Crippen LogP contribution in [0.1, 0.15) is 0 Å². The molecule has 10 heteroatoms. The fourth-order valence-corrected chi connectivity index (χ4v) is 3.55. The molecular formula is C18H13F2N5O2S. The molecule has 7 nitrogen and oxygen atoms in total. The van der Waals surface area contributed by atoms with Gasteiger partial charge in [-0.15, -0.1) is 10.2 Å². The normalized spacial score (nSPS) is 11.2. The Hall–Kier alpha value is -3.27. The van der Waals surface area contributed by atoms with Gasteiger partial charge in [0.2, 0.25) is 11.7 Å². The average Bonchev–Trinajstić information content (AvgIpc) is 3.12. The van der Waals surface area contributed by atoms with Gasteiger partial charge in [-0.3, -0.25) is 18.6 Å². The number of amides is 1. The maximum Gasteiger partial charge on any atom is 0.262 e. The summed E-state index contributed by atoms with van der Waals surface area (Å²) >= 11 is 1.11. The Morgan fingerprint density at radius 2 is 1.93 bits per heavy atom. The zero-order chi connectivity index (χ0) is 19.8. The van der Waals surface area contributed by atoms with Crippen LogP contribution in [0.25, 0.3) is 16.7 Å². The highest BCUT2D eigenvalue weighted by Gasteiger charge is 2.16. The van der Waals surface area contributed by atoms with Crippen LogP contribution in [0.15, 0.2) is 52.4 Å². The minimum Gasteiger partial charge on any atom is -0.325 e. The van der Waals surface area contributed by atoms with E-state index in [-0.39, 0.29) is 17.0 Å². The summed E-state index contributed by atoms with van der Waals surface area (Å²) in [7, 11) is 1.60. The van der Waals surface area contributed by atoms with E-state index in [9.17, 15) is 18.4 Å². The summed E-state index contributed by atoms with van der Waals surface area (Å²) in [5.41, 5.74) is 0.598. The molecule has 0 saturated heterocycles. The summed E-state index contributed by atoms with van der Waals surface area (Å²) in [6.45, 7) is 0.